The van der Waals surface area contributed by atoms with Gasteiger partial charge in [0.1, 0.15) is 24.0 Å². The zero-order chi connectivity index (χ0) is 30.6. The molecular weight excluding hydrogens is 585 g/mol. The third-order valence-electron chi connectivity index (χ3n) is 8.59. The fourth-order valence-corrected chi connectivity index (χ4v) is 6.71. The van der Waals surface area contributed by atoms with E-state index in [4.69, 9.17) is 11.6 Å². The van der Waals surface area contributed by atoms with Crippen molar-refractivity contribution in [2.45, 2.75) is 63.8 Å². The molecule has 15 heteroatoms. The van der Waals surface area contributed by atoms with Crippen LogP contribution in [0.2, 0.25) is 5.02 Å². The molecule has 2 saturated heterocycles. The van der Waals surface area contributed by atoms with Gasteiger partial charge in [0.05, 0.1) is 21.6 Å². The number of nitrogens with zero attached hydrogens (tertiary/aromatic N) is 6. The summed E-state index contributed by atoms with van der Waals surface area (Å²) in [7, 11) is 0. The van der Waals surface area contributed by atoms with Crippen LogP contribution in [0.3, 0.4) is 0 Å². The normalized spacial score (nSPS) is 19.5. The van der Waals surface area contributed by atoms with Crippen molar-refractivity contribution in [1.82, 2.24) is 19.4 Å². The molecule has 6 rings (SSSR count). The first-order chi connectivity index (χ1) is 20.5. The van der Waals surface area contributed by atoms with Crippen LogP contribution in [0.25, 0.3) is 10.9 Å². The van der Waals surface area contributed by atoms with Crippen molar-refractivity contribution in [3.63, 3.8) is 0 Å². The summed E-state index contributed by atoms with van der Waals surface area (Å²) >= 11 is 6.76. The quantitative estimate of drug-likeness (QED) is 0.228. The van der Waals surface area contributed by atoms with Crippen molar-refractivity contribution in [2.75, 3.05) is 42.5 Å². The van der Waals surface area contributed by atoms with Gasteiger partial charge in [-0.15, -0.1) is 0 Å². The van der Waals surface area contributed by atoms with Crippen molar-refractivity contribution in [3.05, 3.63) is 54.8 Å². The lowest BCUT2D eigenvalue weighted by atomic mass is 10.1. The van der Waals surface area contributed by atoms with E-state index in [1.165, 1.54) is 10.8 Å². The molecule has 13 nitrogen and oxygen atoms in total. The molecular formula is C28H33ClFN7O6. The Kier molecular flexibility index (Phi) is 7.77. The molecule has 1 aromatic carbocycles. The minimum atomic E-state index is -1.37. The topological polar surface area (TPSA) is 159 Å². The number of hydrogen-bond donors (Lipinski definition) is 3. The summed E-state index contributed by atoms with van der Waals surface area (Å²) in [4.78, 5) is 44.1. The minimum absolute atomic E-state index is 0.00538. The third kappa shape index (κ3) is 5.43. The van der Waals surface area contributed by atoms with Crippen LogP contribution in [-0.2, 0) is 6.54 Å². The maximum Gasteiger partial charge on any atom is 0.367 e. The van der Waals surface area contributed by atoms with E-state index in [1.807, 2.05) is 4.90 Å². The van der Waals surface area contributed by atoms with E-state index in [0.717, 1.165) is 31.7 Å². The molecule has 2 unspecified atom stereocenters. The molecule has 0 bridgehead atoms. The Balaban J connectivity index is 1.17. The number of aryl methyl sites for hydroxylation is 1. The fourth-order valence-electron chi connectivity index (χ4n) is 6.30. The van der Waals surface area contributed by atoms with E-state index < -0.39 is 33.8 Å². The predicted octanol–water partition coefficient (Wildman–Crippen LogP) is 3.07. The van der Waals surface area contributed by atoms with E-state index in [2.05, 4.69) is 10.3 Å². The first kappa shape index (κ1) is 29.3. The first-order valence-electron chi connectivity index (χ1n) is 14.5. The number of carboxylic acid groups (broad SMARTS) is 1. The predicted molar refractivity (Wildman–Crippen MR) is 158 cm³/mol. The molecule has 3 fully saturated rings. The molecule has 3 N–H and O–H groups in total. The van der Waals surface area contributed by atoms with Gasteiger partial charge in [0.15, 0.2) is 5.82 Å². The highest BCUT2D eigenvalue weighted by atomic mass is 35.5. The Hall–Kier alpha value is -3.75. The molecule has 3 aliphatic rings. The number of aromatic carboxylic acids is 1. The van der Waals surface area contributed by atoms with Gasteiger partial charge in [0.25, 0.3) is 0 Å². The van der Waals surface area contributed by atoms with Crippen LogP contribution in [0, 0.1) is 22.9 Å². The van der Waals surface area contributed by atoms with Crippen LogP contribution >= 0.6 is 11.6 Å². The number of aromatic nitrogens is 3. The smallest absolute Gasteiger partial charge is 0.367 e. The Bertz CT molecular complexity index is 1670. The van der Waals surface area contributed by atoms with Crippen molar-refractivity contribution in [3.8, 4) is 0 Å². The number of aliphatic hydroxyl groups is 1. The maximum atomic E-state index is 15.5. The molecule has 2 aromatic heterocycles. The third-order valence-corrected chi connectivity index (χ3v) is 8.95. The number of carboxylic acids is 1. The second-order valence-electron chi connectivity index (χ2n) is 11.6. The minimum Gasteiger partial charge on any atom is -0.477 e. The molecule has 2 aliphatic heterocycles. The molecule has 0 spiro atoms. The first-order valence-corrected chi connectivity index (χ1v) is 14.9. The molecule has 230 valence electrons. The number of benzene rings is 1. The van der Waals surface area contributed by atoms with E-state index in [-0.39, 0.29) is 47.1 Å². The highest BCUT2D eigenvalue weighted by Gasteiger charge is 2.34. The Morgan fingerprint density at radius 1 is 1.26 bits per heavy atom. The zero-order valence-electron chi connectivity index (χ0n) is 23.6. The van der Waals surface area contributed by atoms with E-state index >= 15 is 4.39 Å². The van der Waals surface area contributed by atoms with E-state index in [1.54, 1.807) is 16.4 Å². The van der Waals surface area contributed by atoms with Gasteiger partial charge < -0.3 is 40.0 Å². The SMILES string of the molecule is Cc1nc(N2CCCC2)c([N+](=O)[O-])n1CC(O)CNC1CCN(c2c(F)cc3c(=O)c(C(=O)O)cn(C4CC4)c3c2Cl)C1. The number of pyridine rings is 1. The molecule has 1 aliphatic carbocycles. The van der Waals surface area contributed by atoms with Crippen LogP contribution in [0.5, 0.6) is 0 Å². The van der Waals surface area contributed by atoms with Crippen LogP contribution in [0.4, 0.5) is 21.7 Å². The second-order valence-corrected chi connectivity index (χ2v) is 12.0. The summed E-state index contributed by atoms with van der Waals surface area (Å²) in [6, 6.07) is 0.943. The molecule has 0 radical (unpaired) electrons. The van der Waals surface area contributed by atoms with Crippen molar-refractivity contribution in [2.24, 2.45) is 0 Å². The average molecular weight is 618 g/mol. The number of aliphatic hydroxyl groups excluding tert-OH is 1. The van der Waals surface area contributed by atoms with Crippen LogP contribution in [0.1, 0.15) is 54.3 Å². The van der Waals surface area contributed by atoms with Gasteiger partial charge in [-0.1, -0.05) is 11.6 Å². The number of nitrogens with one attached hydrogen (secondary N) is 1. The largest absolute Gasteiger partial charge is 0.477 e. The number of imidazole rings is 1. The van der Waals surface area contributed by atoms with Crippen molar-refractivity contribution in [1.29, 1.82) is 0 Å². The number of hydrogen-bond acceptors (Lipinski definition) is 9. The summed E-state index contributed by atoms with van der Waals surface area (Å²) in [5.41, 5.74) is -0.722. The van der Waals surface area contributed by atoms with Crippen molar-refractivity contribution >= 4 is 45.8 Å². The average Bonchev–Trinajstić information content (AvgIpc) is 3.30. The summed E-state index contributed by atoms with van der Waals surface area (Å²) in [5, 5.41) is 35.5. The molecule has 3 aromatic rings. The number of fused-ring (bicyclic) bond motifs is 1. The van der Waals surface area contributed by atoms with Gasteiger partial charge in [-0.25, -0.2) is 13.8 Å². The monoisotopic (exact) mass is 617 g/mol. The summed E-state index contributed by atoms with van der Waals surface area (Å²) in [6.07, 6.45) is 4.50. The molecule has 0 amide bonds. The van der Waals surface area contributed by atoms with Gasteiger partial charge in [-0.3, -0.25) is 4.79 Å². The lowest BCUT2D eigenvalue weighted by Gasteiger charge is -2.24. The van der Waals surface area contributed by atoms with Crippen LogP contribution in [-0.4, -0.2) is 80.1 Å². The van der Waals surface area contributed by atoms with Crippen LogP contribution in [0.15, 0.2) is 17.1 Å². The molecule has 2 atom stereocenters. The lowest BCUT2D eigenvalue weighted by molar-refractivity contribution is -0.391. The summed E-state index contributed by atoms with van der Waals surface area (Å²) < 4.78 is 18.6. The standard InChI is InChI=1S/C28H33ClFN7O6/c1-15-32-26(33-7-2-3-8-33)27(37(42)43)35(15)13-18(38)11-31-16-6-9-34(12-16)24-21(30)10-19-23(22(24)29)36(17-4-5-17)14-20(25(19)39)28(40)41/h10,14,16-18,31,38H,2-9,11-13H2,1H3,(H,40,41). The second kappa shape index (κ2) is 11.4. The zero-order valence-corrected chi connectivity index (χ0v) is 24.4. The lowest BCUT2D eigenvalue weighted by Crippen LogP contribution is -2.39. The van der Waals surface area contributed by atoms with E-state index in [9.17, 15) is 29.9 Å². The molecule has 43 heavy (non-hydrogen) atoms. The Morgan fingerprint density at radius 2 is 1.98 bits per heavy atom. The van der Waals surface area contributed by atoms with E-state index in [0.29, 0.717) is 49.8 Å². The number of anilines is 2. The van der Waals surface area contributed by atoms with Gasteiger partial charge in [-0.05, 0) is 43.1 Å². The molecule has 1 saturated carbocycles. The van der Waals surface area contributed by atoms with Gasteiger partial charge >= 0.3 is 11.8 Å². The highest BCUT2D eigenvalue weighted by Crippen LogP contribution is 2.42. The maximum absolute atomic E-state index is 15.5. The molecule has 4 heterocycles. The number of carbonyl (C=O) groups is 1. The van der Waals surface area contributed by atoms with Gasteiger partial charge in [0, 0.05) is 57.9 Å². The van der Waals surface area contributed by atoms with Crippen LogP contribution < -0.4 is 20.5 Å². The number of halogens is 2. The summed E-state index contributed by atoms with van der Waals surface area (Å²) in [5.74, 6) is -1.40. The van der Waals surface area contributed by atoms with Crippen molar-refractivity contribution < 1.29 is 24.3 Å². The number of rotatable bonds is 10. The number of nitro groups is 1. The highest BCUT2D eigenvalue weighted by molar-refractivity contribution is 6.38. The Morgan fingerprint density at radius 3 is 2.63 bits per heavy atom. The van der Waals surface area contributed by atoms with Gasteiger partial charge in [-0.2, -0.15) is 4.98 Å². The Labute approximate surface area is 250 Å². The fraction of sp³-hybridized carbons (Fsp3) is 0.536. The summed E-state index contributed by atoms with van der Waals surface area (Å²) in [6.45, 7) is 4.09. The van der Waals surface area contributed by atoms with Gasteiger partial charge in [0.2, 0.25) is 11.2 Å².